The molecule has 0 spiro atoms. The van der Waals surface area contributed by atoms with Gasteiger partial charge in [-0.1, -0.05) is 32.4 Å². The quantitative estimate of drug-likeness (QED) is 0.742. The van der Waals surface area contributed by atoms with Crippen LogP contribution in [0.15, 0.2) is 27.5 Å². The predicted molar refractivity (Wildman–Crippen MR) is 72.2 cm³/mol. The van der Waals surface area contributed by atoms with Crippen molar-refractivity contribution in [3.8, 4) is 0 Å². The van der Waals surface area contributed by atoms with E-state index in [1.165, 1.54) is 23.2 Å². The van der Waals surface area contributed by atoms with Crippen LogP contribution in [-0.4, -0.2) is 14.3 Å². The molecular weight excluding hydrogens is 274 g/mol. The normalized spacial score (nSPS) is 18.3. The van der Waals surface area contributed by atoms with E-state index in [9.17, 15) is 8.42 Å². The molecular formula is C11H14ClN3O2S. The topological polar surface area (TPSA) is 75.8 Å². The lowest BCUT2D eigenvalue weighted by atomic mass is 9.94. The molecule has 98 valence electrons. The summed E-state index contributed by atoms with van der Waals surface area (Å²) < 4.78 is 27.9. The highest BCUT2D eigenvalue weighted by atomic mass is 35.5. The Morgan fingerprint density at radius 1 is 1.33 bits per heavy atom. The maximum absolute atomic E-state index is 12.1. The van der Waals surface area contributed by atoms with Crippen LogP contribution in [0.4, 0.5) is 5.69 Å². The molecule has 7 heteroatoms. The van der Waals surface area contributed by atoms with Crippen LogP contribution in [0, 0.1) is 5.41 Å². The van der Waals surface area contributed by atoms with Gasteiger partial charge in [0.25, 0.3) is 10.0 Å². The predicted octanol–water partition coefficient (Wildman–Crippen LogP) is 2.17. The van der Waals surface area contributed by atoms with Crippen molar-refractivity contribution in [2.24, 2.45) is 15.7 Å². The Hall–Kier alpha value is -1.11. The second-order valence-corrected chi connectivity index (χ2v) is 7.13. The first kappa shape index (κ1) is 13.3. The first-order chi connectivity index (χ1) is 8.13. The molecule has 2 rings (SSSR count). The van der Waals surface area contributed by atoms with Crippen LogP contribution in [0.5, 0.6) is 0 Å². The average molecular weight is 288 g/mol. The minimum absolute atomic E-state index is 0.0717. The Morgan fingerprint density at radius 3 is 2.50 bits per heavy atom. The summed E-state index contributed by atoms with van der Waals surface area (Å²) in [6.45, 7) is 5.53. The van der Waals surface area contributed by atoms with Crippen molar-refractivity contribution in [1.82, 2.24) is 0 Å². The van der Waals surface area contributed by atoms with Crippen molar-refractivity contribution >= 4 is 33.1 Å². The molecule has 5 nitrogen and oxygen atoms in total. The smallest absolute Gasteiger partial charge is 0.263 e. The highest BCUT2D eigenvalue weighted by Gasteiger charge is 2.35. The summed E-state index contributed by atoms with van der Waals surface area (Å²) in [5.41, 5.74) is -0.135. The number of sulfonamides is 1. The molecule has 0 radical (unpaired) electrons. The SMILES string of the molecule is CC(C)(C)C1=NS(=O)(=O)c2ccc(Cl)cc2N1N. The molecule has 0 fully saturated rings. The first-order valence-electron chi connectivity index (χ1n) is 5.33. The number of fused-ring (bicyclic) bond motifs is 1. The fourth-order valence-corrected chi connectivity index (χ4v) is 3.23. The molecule has 0 saturated carbocycles. The van der Waals surface area contributed by atoms with E-state index in [1.54, 1.807) is 0 Å². The van der Waals surface area contributed by atoms with E-state index < -0.39 is 15.4 Å². The third-order valence-electron chi connectivity index (χ3n) is 2.56. The van der Waals surface area contributed by atoms with E-state index in [2.05, 4.69) is 4.40 Å². The van der Waals surface area contributed by atoms with Crippen LogP contribution in [0.25, 0.3) is 0 Å². The van der Waals surface area contributed by atoms with Crippen molar-refractivity contribution in [2.45, 2.75) is 25.7 Å². The molecule has 1 aliphatic rings. The molecule has 0 aromatic heterocycles. The largest absolute Gasteiger partial charge is 0.286 e. The maximum atomic E-state index is 12.1. The number of hydrazine groups is 1. The van der Waals surface area contributed by atoms with Gasteiger partial charge < -0.3 is 0 Å². The number of benzene rings is 1. The van der Waals surface area contributed by atoms with Gasteiger partial charge in [0.2, 0.25) is 0 Å². The number of nitrogens with two attached hydrogens (primary N) is 1. The summed E-state index contributed by atoms with van der Waals surface area (Å²) in [6, 6.07) is 4.44. The first-order valence-corrected chi connectivity index (χ1v) is 7.14. The van der Waals surface area contributed by atoms with Gasteiger partial charge in [-0.3, -0.25) is 5.01 Å². The van der Waals surface area contributed by atoms with Crippen LogP contribution in [0.3, 0.4) is 0 Å². The van der Waals surface area contributed by atoms with Crippen LogP contribution in [0.1, 0.15) is 20.8 Å². The van der Waals surface area contributed by atoms with Crippen LogP contribution in [0.2, 0.25) is 5.02 Å². The zero-order chi connectivity index (χ0) is 13.7. The van der Waals surface area contributed by atoms with Gasteiger partial charge in [0.15, 0.2) is 0 Å². The number of nitrogens with zero attached hydrogens (tertiary/aromatic N) is 2. The van der Waals surface area contributed by atoms with Gasteiger partial charge in [0.05, 0.1) is 5.69 Å². The van der Waals surface area contributed by atoms with Crippen molar-refractivity contribution in [1.29, 1.82) is 0 Å². The Morgan fingerprint density at radius 2 is 1.94 bits per heavy atom. The number of hydrogen-bond donors (Lipinski definition) is 1. The Balaban J connectivity index is 2.73. The molecule has 18 heavy (non-hydrogen) atoms. The van der Waals surface area contributed by atoms with Crippen LogP contribution >= 0.6 is 11.6 Å². The zero-order valence-electron chi connectivity index (χ0n) is 10.3. The number of rotatable bonds is 0. The third-order valence-corrected chi connectivity index (χ3v) is 4.11. The fraction of sp³-hybridized carbons (Fsp3) is 0.364. The molecule has 1 aromatic carbocycles. The summed E-state index contributed by atoms with van der Waals surface area (Å²) in [6.07, 6.45) is 0. The number of hydrogen-bond acceptors (Lipinski definition) is 4. The third kappa shape index (κ3) is 2.11. The van der Waals surface area contributed by atoms with E-state index >= 15 is 0 Å². The van der Waals surface area contributed by atoms with Gasteiger partial charge in [-0.05, 0) is 18.2 Å². The Bertz CT molecular complexity index is 632. The molecule has 0 bridgehead atoms. The van der Waals surface area contributed by atoms with Gasteiger partial charge in [0.1, 0.15) is 10.7 Å². The summed E-state index contributed by atoms with van der Waals surface area (Å²) in [7, 11) is -3.72. The van der Waals surface area contributed by atoms with Gasteiger partial charge >= 0.3 is 0 Å². The highest BCUT2D eigenvalue weighted by molar-refractivity contribution is 7.90. The molecule has 0 amide bonds. The molecule has 0 atom stereocenters. The van der Waals surface area contributed by atoms with Crippen LogP contribution < -0.4 is 10.9 Å². The standard InChI is InChI=1S/C11H14ClN3O2S/c1-11(2,3)10-14-18(16,17)9-5-4-7(12)6-8(9)15(10)13/h4-6H,13H2,1-3H3. The summed E-state index contributed by atoms with van der Waals surface area (Å²) in [5, 5.41) is 1.71. The summed E-state index contributed by atoms with van der Waals surface area (Å²) >= 11 is 5.88. The second-order valence-electron chi connectivity index (χ2n) is 5.12. The van der Waals surface area contributed by atoms with Gasteiger partial charge in [-0.15, -0.1) is 4.40 Å². The van der Waals surface area contributed by atoms with E-state index in [0.717, 1.165) is 0 Å². The van der Waals surface area contributed by atoms with E-state index in [1.807, 2.05) is 20.8 Å². The lowest BCUT2D eigenvalue weighted by molar-refractivity contribution is 0.567. The zero-order valence-corrected chi connectivity index (χ0v) is 11.9. The Labute approximate surface area is 111 Å². The number of amidine groups is 1. The molecule has 1 aliphatic heterocycles. The maximum Gasteiger partial charge on any atom is 0.286 e. The average Bonchev–Trinajstić information content (AvgIpc) is 2.21. The Kier molecular flexibility index (Phi) is 2.92. The number of halogens is 1. The van der Waals surface area contributed by atoms with Crippen molar-refractivity contribution in [3.05, 3.63) is 23.2 Å². The molecule has 0 aliphatic carbocycles. The molecule has 0 unspecified atom stereocenters. The summed E-state index contributed by atoms with van der Waals surface area (Å²) in [4.78, 5) is 0.0717. The van der Waals surface area contributed by atoms with Gasteiger partial charge in [-0.2, -0.15) is 8.42 Å². The second kappa shape index (κ2) is 3.94. The lowest BCUT2D eigenvalue weighted by Crippen LogP contribution is -2.47. The van der Waals surface area contributed by atoms with Crippen LogP contribution in [-0.2, 0) is 10.0 Å². The molecule has 1 heterocycles. The van der Waals surface area contributed by atoms with Gasteiger partial charge in [0, 0.05) is 10.4 Å². The van der Waals surface area contributed by atoms with Crippen molar-refractivity contribution < 1.29 is 8.42 Å². The fourth-order valence-electron chi connectivity index (χ4n) is 1.72. The summed E-state index contributed by atoms with van der Waals surface area (Å²) in [5.74, 6) is 6.24. The molecule has 2 N–H and O–H groups in total. The highest BCUT2D eigenvalue weighted by Crippen LogP contribution is 2.35. The lowest BCUT2D eigenvalue weighted by Gasteiger charge is -2.33. The molecule has 1 aromatic rings. The van der Waals surface area contributed by atoms with E-state index in [-0.39, 0.29) is 10.7 Å². The van der Waals surface area contributed by atoms with Crippen molar-refractivity contribution in [3.63, 3.8) is 0 Å². The molecule has 0 saturated heterocycles. The van der Waals surface area contributed by atoms with Crippen molar-refractivity contribution in [2.75, 3.05) is 5.01 Å². The minimum Gasteiger partial charge on any atom is -0.263 e. The van der Waals surface area contributed by atoms with Gasteiger partial charge in [-0.25, -0.2) is 5.84 Å². The van der Waals surface area contributed by atoms with E-state index in [0.29, 0.717) is 10.7 Å². The number of anilines is 1. The monoisotopic (exact) mass is 287 g/mol. The van der Waals surface area contributed by atoms with E-state index in [4.69, 9.17) is 17.4 Å². The minimum atomic E-state index is -3.72.